The lowest BCUT2D eigenvalue weighted by Crippen LogP contribution is -2.63. The number of hydrogen-bond acceptors (Lipinski definition) is 5. The summed E-state index contributed by atoms with van der Waals surface area (Å²) in [7, 11) is 1.61. The van der Waals surface area contributed by atoms with Crippen molar-refractivity contribution in [1.82, 2.24) is 15.5 Å². The zero-order valence-electron chi connectivity index (χ0n) is 20.8. The van der Waals surface area contributed by atoms with E-state index in [0.717, 1.165) is 5.56 Å². The van der Waals surface area contributed by atoms with Gasteiger partial charge in [-0.2, -0.15) is 0 Å². The van der Waals surface area contributed by atoms with Crippen molar-refractivity contribution in [2.24, 2.45) is 11.8 Å². The summed E-state index contributed by atoms with van der Waals surface area (Å²) in [6, 6.07) is 2.85. The maximum atomic E-state index is 13.4. The number of carbonyl (C=O) groups excluding carboxylic acids is 2. The van der Waals surface area contributed by atoms with Gasteiger partial charge in [0.05, 0.1) is 11.1 Å². The van der Waals surface area contributed by atoms with E-state index in [1.54, 1.807) is 19.2 Å². The average molecular weight is 525 g/mol. The van der Waals surface area contributed by atoms with Gasteiger partial charge in [0.2, 0.25) is 11.8 Å². The van der Waals surface area contributed by atoms with Gasteiger partial charge in [0, 0.05) is 54.6 Å². The van der Waals surface area contributed by atoms with Crippen LogP contribution >= 0.6 is 23.2 Å². The molecule has 8 nitrogen and oxygen atoms in total. The number of carbonyl (C=O) groups is 2. The predicted molar refractivity (Wildman–Crippen MR) is 135 cm³/mol. The smallest absolute Gasteiger partial charge is 0.231 e. The van der Waals surface area contributed by atoms with E-state index in [2.05, 4.69) is 10.6 Å². The van der Waals surface area contributed by atoms with Gasteiger partial charge in [0.1, 0.15) is 11.4 Å². The monoisotopic (exact) mass is 524 g/mol. The van der Waals surface area contributed by atoms with Crippen molar-refractivity contribution in [2.75, 3.05) is 13.7 Å². The van der Waals surface area contributed by atoms with E-state index >= 15 is 0 Å². The normalized spacial score (nSPS) is 27.4. The molecule has 1 aromatic carbocycles. The Balaban J connectivity index is 1.51. The van der Waals surface area contributed by atoms with E-state index in [1.807, 2.05) is 27.7 Å². The van der Waals surface area contributed by atoms with Gasteiger partial charge < -0.3 is 20.1 Å². The largest absolute Gasteiger partial charge is 0.486 e. The Hall–Kier alpha value is -2.03. The van der Waals surface area contributed by atoms with Crippen LogP contribution in [0.2, 0.25) is 10.0 Å². The number of benzene rings is 1. The van der Waals surface area contributed by atoms with Gasteiger partial charge in [-0.1, -0.05) is 23.2 Å². The van der Waals surface area contributed by atoms with Crippen LogP contribution in [0.3, 0.4) is 0 Å². The summed E-state index contributed by atoms with van der Waals surface area (Å²) < 4.78 is 11.4. The third-order valence-corrected chi connectivity index (χ3v) is 7.48. The average Bonchev–Trinajstić information content (AvgIpc) is 3.50. The second kappa shape index (κ2) is 9.45. The molecule has 2 amide bonds. The molecule has 35 heavy (non-hydrogen) atoms. The number of nitrogens with zero attached hydrogens (tertiary/aromatic N) is 1. The van der Waals surface area contributed by atoms with Crippen molar-refractivity contribution in [3.8, 4) is 5.75 Å². The van der Waals surface area contributed by atoms with Crippen LogP contribution in [0, 0.1) is 17.2 Å². The van der Waals surface area contributed by atoms with Crippen LogP contribution in [0.25, 0.3) is 0 Å². The summed E-state index contributed by atoms with van der Waals surface area (Å²) in [6.45, 7) is 8.17. The molecule has 10 heteroatoms. The third kappa shape index (κ3) is 5.54. The van der Waals surface area contributed by atoms with Crippen LogP contribution < -0.4 is 15.4 Å². The molecule has 2 aliphatic heterocycles. The minimum absolute atomic E-state index is 0.0484. The SMILES string of the molecule is COCC[C@H]([C@@H]1C[C@H]1C(=O)NC1CC(C)(C)Oc2c(Cl)cc(Cl)cc21)N1C(=N)NC(C)(C)CC1=O. The first-order chi connectivity index (χ1) is 16.3. The minimum Gasteiger partial charge on any atom is -0.486 e. The summed E-state index contributed by atoms with van der Waals surface area (Å²) in [5.41, 5.74) is -0.217. The van der Waals surface area contributed by atoms with Crippen molar-refractivity contribution in [3.63, 3.8) is 0 Å². The van der Waals surface area contributed by atoms with Gasteiger partial charge in [-0.05, 0) is 58.6 Å². The highest BCUT2D eigenvalue weighted by molar-refractivity contribution is 6.35. The van der Waals surface area contributed by atoms with Gasteiger partial charge in [0.25, 0.3) is 0 Å². The van der Waals surface area contributed by atoms with E-state index in [4.69, 9.17) is 38.1 Å². The molecule has 0 radical (unpaired) electrons. The van der Waals surface area contributed by atoms with Crippen LogP contribution in [0.1, 0.15) is 65.0 Å². The fraction of sp³-hybridized carbons (Fsp3) is 0.640. The van der Waals surface area contributed by atoms with E-state index in [1.165, 1.54) is 4.90 Å². The maximum Gasteiger partial charge on any atom is 0.231 e. The van der Waals surface area contributed by atoms with Gasteiger partial charge in [0.15, 0.2) is 5.96 Å². The Bertz CT molecular complexity index is 1020. The minimum atomic E-state index is -0.514. The Morgan fingerprint density at radius 2 is 2.06 bits per heavy atom. The number of halogens is 2. The summed E-state index contributed by atoms with van der Waals surface area (Å²) in [5.74, 6) is 0.151. The fourth-order valence-corrected chi connectivity index (χ4v) is 5.90. The molecule has 0 bridgehead atoms. The van der Waals surface area contributed by atoms with E-state index < -0.39 is 11.1 Å². The second-order valence-electron chi connectivity index (χ2n) is 11.1. The molecule has 3 aliphatic rings. The van der Waals surface area contributed by atoms with Crippen LogP contribution in [0.5, 0.6) is 5.75 Å². The zero-order valence-corrected chi connectivity index (χ0v) is 22.3. The van der Waals surface area contributed by atoms with Crippen LogP contribution in [0.4, 0.5) is 0 Å². The standard InChI is InChI=1S/C25H34Cl2N4O4/c1-24(2)12-20(32)31(23(28)30-24)19(6-7-34-5)14-10-15(14)22(33)29-18-11-25(3,4)35-21-16(18)8-13(26)9-17(21)27/h8-9,14-15,18-19H,6-7,10-12H2,1-5H3,(H2,28,30)(H,29,33)/t14-,15-,18?,19-/m1/s1. The number of methoxy groups -OCH3 is 1. The van der Waals surface area contributed by atoms with E-state index in [-0.39, 0.29) is 48.1 Å². The Labute approximate surface area is 216 Å². The highest BCUT2D eigenvalue weighted by atomic mass is 35.5. The van der Waals surface area contributed by atoms with Crippen molar-refractivity contribution < 1.29 is 19.1 Å². The molecule has 2 fully saturated rings. The molecular formula is C25H34Cl2N4O4. The van der Waals surface area contributed by atoms with Crippen molar-refractivity contribution in [1.29, 1.82) is 5.41 Å². The van der Waals surface area contributed by atoms with Crippen molar-refractivity contribution in [3.05, 3.63) is 27.7 Å². The Morgan fingerprint density at radius 3 is 2.71 bits per heavy atom. The highest BCUT2D eigenvalue weighted by Gasteiger charge is 2.53. The second-order valence-corrected chi connectivity index (χ2v) is 11.9. The van der Waals surface area contributed by atoms with Gasteiger partial charge >= 0.3 is 0 Å². The quantitative estimate of drug-likeness (QED) is 0.493. The number of guanidine groups is 1. The number of amides is 2. The predicted octanol–water partition coefficient (Wildman–Crippen LogP) is 4.29. The van der Waals surface area contributed by atoms with Gasteiger partial charge in [-0.15, -0.1) is 0 Å². The number of fused-ring (bicyclic) bond motifs is 1. The number of rotatable bonds is 7. The summed E-state index contributed by atoms with van der Waals surface area (Å²) in [6.07, 6.45) is 2.06. The van der Waals surface area contributed by atoms with Gasteiger partial charge in [-0.25, -0.2) is 0 Å². The molecule has 2 heterocycles. The third-order valence-electron chi connectivity index (χ3n) is 6.98. The molecule has 0 aromatic heterocycles. The van der Waals surface area contributed by atoms with Crippen molar-refractivity contribution >= 4 is 41.0 Å². The number of nitrogens with one attached hydrogen (secondary N) is 3. The number of hydrogen-bond donors (Lipinski definition) is 3. The molecule has 1 unspecified atom stereocenters. The van der Waals surface area contributed by atoms with Crippen LogP contribution in [0.15, 0.2) is 12.1 Å². The van der Waals surface area contributed by atoms with Crippen molar-refractivity contribution in [2.45, 2.75) is 76.6 Å². The van der Waals surface area contributed by atoms with E-state index in [9.17, 15) is 9.59 Å². The number of ether oxygens (including phenoxy) is 2. The zero-order chi connectivity index (χ0) is 25.7. The van der Waals surface area contributed by atoms with E-state index in [0.29, 0.717) is 41.7 Å². The molecule has 1 saturated heterocycles. The van der Waals surface area contributed by atoms with Crippen LogP contribution in [-0.4, -0.2) is 53.6 Å². The molecule has 0 spiro atoms. The highest BCUT2D eigenvalue weighted by Crippen LogP contribution is 2.48. The lowest BCUT2D eigenvalue weighted by Gasteiger charge is -2.42. The molecular weight excluding hydrogens is 491 g/mol. The molecule has 1 aliphatic carbocycles. The first-order valence-corrected chi connectivity index (χ1v) is 12.7. The molecule has 4 atom stereocenters. The Kier molecular flexibility index (Phi) is 7.03. The molecule has 4 rings (SSSR count). The first kappa shape index (κ1) is 26.0. The molecule has 1 aromatic rings. The summed E-state index contributed by atoms with van der Waals surface area (Å²) in [4.78, 5) is 27.9. The molecule has 192 valence electrons. The summed E-state index contributed by atoms with van der Waals surface area (Å²) >= 11 is 12.6. The summed E-state index contributed by atoms with van der Waals surface area (Å²) in [5, 5.41) is 15.7. The van der Waals surface area contributed by atoms with Crippen LogP contribution in [-0.2, 0) is 14.3 Å². The molecule has 3 N–H and O–H groups in total. The lowest BCUT2D eigenvalue weighted by atomic mass is 9.89. The lowest BCUT2D eigenvalue weighted by molar-refractivity contribution is -0.133. The topological polar surface area (TPSA) is 104 Å². The first-order valence-electron chi connectivity index (χ1n) is 12.0. The fourth-order valence-electron chi connectivity index (χ4n) is 5.35. The molecule has 1 saturated carbocycles. The Morgan fingerprint density at radius 1 is 1.34 bits per heavy atom. The maximum absolute atomic E-state index is 13.4. The van der Waals surface area contributed by atoms with Gasteiger partial charge in [-0.3, -0.25) is 19.9 Å².